The lowest BCUT2D eigenvalue weighted by atomic mass is 9.99. The molecular formula is C18H20Cl2N4O5S3. The molecule has 0 saturated carbocycles. The maximum absolute atomic E-state index is 12.9. The van der Waals surface area contributed by atoms with E-state index in [-0.39, 0.29) is 40.1 Å². The summed E-state index contributed by atoms with van der Waals surface area (Å²) in [6.45, 7) is 0.429. The first-order valence-corrected chi connectivity index (χ1v) is 13.6. The fourth-order valence-electron chi connectivity index (χ4n) is 3.05. The molecule has 174 valence electrons. The van der Waals surface area contributed by atoms with Crippen LogP contribution in [0.3, 0.4) is 0 Å². The van der Waals surface area contributed by atoms with E-state index in [1.165, 1.54) is 17.5 Å². The molecule has 0 bridgehead atoms. The van der Waals surface area contributed by atoms with Gasteiger partial charge in [0.15, 0.2) is 4.34 Å². The SMILES string of the molecule is COC(=O)CSc1nnc(NC(=O)C2CCCN(S(=O)(=O)Cc3ccc(Cl)c(Cl)c3)C2)s1. The van der Waals surface area contributed by atoms with E-state index in [1.54, 1.807) is 12.1 Å². The minimum Gasteiger partial charge on any atom is -0.468 e. The molecule has 1 atom stereocenters. The number of benzene rings is 1. The Hall–Kier alpha value is -1.44. The van der Waals surface area contributed by atoms with E-state index in [9.17, 15) is 18.0 Å². The summed E-state index contributed by atoms with van der Waals surface area (Å²) in [5.74, 6) is -1.36. The third-order valence-electron chi connectivity index (χ3n) is 4.66. The van der Waals surface area contributed by atoms with Crippen LogP contribution in [-0.2, 0) is 30.1 Å². The van der Waals surface area contributed by atoms with Crippen LogP contribution in [-0.4, -0.2) is 60.7 Å². The lowest BCUT2D eigenvalue weighted by Crippen LogP contribution is -2.44. The van der Waals surface area contributed by atoms with Crippen molar-refractivity contribution >= 4 is 73.3 Å². The second-order valence-corrected chi connectivity index (χ2v) is 11.9. The highest BCUT2D eigenvalue weighted by Gasteiger charge is 2.33. The van der Waals surface area contributed by atoms with Crippen molar-refractivity contribution in [3.63, 3.8) is 0 Å². The zero-order valence-corrected chi connectivity index (χ0v) is 20.9. The van der Waals surface area contributed by atoms with Gasteiger partial charge in [-0.25, -0.2) is 12.7 Å². The largest absolute Gasteiger partial charge is 0.468 e. The number of anilines is 1. The lowest BCUT2D eigenvalue weighted by molar-refractivity contribution is -0.137. The van der Waals surface area contributed by atoms with Gasteiger partial charge in [0.05, 0.1) is 34.6 Å². The van der Waals surface area contributed by atoms with Gasteiger partial charge in [0.25, 0.3) is 0 Å². The van der Waals surface area contributed by atoms with Crippen LogP contribution >= 0.6 is 46.3 Å². The number of sulfonamides is 1. The number of halogens is 2. The van der Waals surface area contributed by atoms with Gasteiger partial charge in [-0.2, -0.15) is 0 Å². The van der Waals surface area contributed by atoms with Crippen LogP contribution in [0, 0.1) is 5.92 Å². The number of thioether (sulfide) groups is 1. The van der Waals surface area contributed by atoms with Crippen molar-refractivity contribution in [2.75, 3.05) is 31.3 Å². The van der Waals surface area contributed by atoms with Gasteiger partial charge in [0, 0.05) is 13.1 Å². The summed E-state index contributed by atoms with van der Waals surface area (Å²) in [7, 11) is -2.34. The number of methoxy groups -OCH3 is 1. The van der Waals surface area contributed by atoms with E-state index in [1.807, 2.05) is 0 Å². The molecule has 1 aliphatic heterocycles. The molecule has 9 nitrogen and oxygen atoms in total. The number of piperidine rings is 1. The lowest BCUT2D eigenvalue weighted by Gasteiger charge is -2.31. The monoisotopic (exact) mass is 538 g/mol. The van der Waals surface area contributed by atoms with Crippen molar-refractivity contribution in [2.24, 2.45) is 5.92 Å². The number of hydrogen-bond donors (Lipinski definition) is 1. The number of rotatable bonds is 8. The Labute approximate surface area is 203 Å². The van der Waals surface area contributed by atoms with Crippen LogP contribution in [0.5, 0.6) is 0 Å². The molecule has 1 aromatic heterocycles. The number of nitrogens with one attached hydrogen (secondary N) is 1. The second-order valence-electron chi connectivity index (χ2n) is 6.93. The van der Waals surface area contributed by atoms with E-state index >= 15 is 0 Å². The number of ether oxygens (including phenoxy) is 1. The van der Waals surface area contributed by atoms with E-state index in [2.05, 4.69) is 20.3 Å². The van der Waals surface area contributed by atoms with Crippen molar-refractivity contribution in [3.8, 4) is 0 Å². The van der Waals surface area contributed by atoms with Crippen LogP contribution < -0.4 is 5.32 Å². The molecule has 0 radical (unpaired) electrons. The zero-order valence-electron chi connectivity index (χ0n) is 16.9. The quantitative estimate of drug-likeness (QED) is 0.309. The number of esters is 1. The fourth-order valence-corrected chi connectivity index (χ4v) is 6.55. The Morgan fingerprint density at radius 1 is 1.31 bits per heavy atom. The Bertz CT molecular complexity index is 1100. The average molecular weight is 539 g/mol. The van der Waals surface area contributed by atoms with Gasteiger partial charge >= 0.3 is 5.97 Å². The highest BCUT2D eigenvalue weighted by molar-refractivity contribution is 8.01. The number of hydrogen-bond acceptors (Lipinski definition) is 9. The molecule has 0 aliphatic carbocycles. The third kappa shape index (κ3) is 6.78. The first-order valence-electron chi connectivity index (χ1n) is 9.43. The van der Waals surface area contributed by atoms with E-state index in [0.717, 1.165) is 23.1 Å². The van der Waals surface area contributed by atoms with Gasteiger partial charge in [0.1, 0.15) is 0 Å². The summed E-state index contributed by atoms with van der Waals surface area (Å²) in [5, 5.41) is 11.4. The van der Waals surface area contributed by atoms with Gasteiger partial charge < -0.3 is 10.1 Å². The molecular weight excluding hydrogens is 519 g/mol. The summed E-state index contributed by atoms with van der Waals surface area (Å²) in [4.78, 5) is 23.9. The molecule has 32 heavy (non-hydrogen) atoms. The van der Waals surface area contributed by atoms with Crippen LogP contribution in [0.1, 0.15) is 18.4 Å². The summed E-state index contributed by atoms with van der Waals surface area (Å²) in [6.07, 6.45) is 1.13. The first kappa shape index (κ1) is 25.2. The Balaban J connectivity index is 1.58. The predicted molar refractivity (Wildman–Crippen MR) is 125 cm³/mol. The number of carbonyl (C=O) groups excluding carboxylic acids is 2. The molecule has 1 unspecified atom stereocenters. The van der Waals surface area contributed by atoms with Crippen LogP contribution in [0.4, 0.5) is 5.13 Å². The number of carbonyl (C=O) groups is 2. The van der Waals surface area contributed by atoms with Crippen molar-refractivity contribution in [1.82, 2.24) is 14.5 Å². The van der Waals surface area contributed by atoms with E-state index < -0.39 is 15.9 Å². The molecule has 2 heterocycles. The molecule has 1 aromatic carbocycles. The summed E-state index contributed by atoms with van der Waals surface area (Å²) < 4.78 is 32.2. The van der Waals surface area contributed by atoms with Gasteiger partial charge in [-0.05, 0) is 30.5 Å². The Morgan fingerprint density at radius 3 is 2.81 bits per heavy atom. The van der Waals surface area contributed by atoms with Crippen molar-refractivity contribution in [2.45, 2.75) is 22.9 Å². The van der Waals surface area contributed by atoms with Crippen LogP contribution in [0.2, 0.25) is 10.0 Å². The van der Waals surface area contributed by atoms with Crippen LogP contribution in [0.25, 0.3) is 0 Å². The molecule has 1 saturated heterocycles. The molecule has 1 fully saturated rings. The smallest absolute Gasteiger partial charge is 0.316 e. The summed E-state index contributed by atoms with van der Waals surface area (Å²) >= 11 is 14.2. The maximum atomic E-state index is 12.9. The molecule has 14 heteroatoms. The van der Waals surface area contributed by atoms with Crippen molar-refractivity contribution in [1.29, 1.82) is 0 Å². The van der Waals surface area contributed by atoms with Gasteiger partial charge in [-0.3, -0.25) is 9.59 Å². The first-order chi connectivity index (χ1) is 15.2. The number of nitrogens with zero attached hydrogens (tertiary/aromatic N) is 3. The normalized spacial score (nSPS) is 17.2. The zero-order chi connectivity index (χ0) is 23.3. The Morgan fingerprint density at radius 2 is 2.09 bits per heavy atom. The van der Waals surface area contributed by atoms with Crippen molar-refractivity contribution < 1.29 is 22.7 Å². The molecule has 0 spiro atoms. The third-order valence-corrected chi connectivity index (χ3v) is 9.16. The standard InChI is InChI=1S/C18H20Cl2N4O5S3/c1-29-15(25)9-30-18-23-22-17(31-18)21-16(26)12-3-2-6-24(8-12)32(27,28)10-11-4-5-13(19)14(20)7-11/h4-5,7,12H,2-3,6,8-10H2,1H3,(H,21,22,26). The summed E-state index contributed by atoms with van der Waals surface area (Å²) in [5.41, 5.74) is 0.525. The number of amides is 1. The maximum Gasteiger partial charge on any atom is 0.316 e. The van der Waals surface area contributed by atoms with Crippen molar-refractivity contribution in [3.05, 3.63) is 33.8 Å². The Kier molecular flexibility index (Phi) is 8.75. The minimum absolute atomic E-state index is 0.0816. The summed E-state index contributed by atoms with van der Waals surface area (Å²) in [6, 6.07) is 4.70. The molecule has 2 aromatic rings. The van der Waals surface area contributed by atoms with Crippen LogP contribution in [0.15, 0.2) is 22.5 Å². The molecule has 3 rings (SSSR count). The van der Waals surface area contributed by atoms with E-state index in [0.29, 0.717) is 34.3 Å². The highest BCUT2D eigenvalue weighted by Crippen LogP contribution is 2.28. The molecule has 1 aliphatic rings. The van der Waals surface area contributed by atoms with Gasteiger partial charge in [-0.15, -0.1) is 10.2 Å². The predicted octanol–water partition coefficient (Wildman–Crippen LogP) is 3.29. The van der Waals surface area contributed by atoms with Gasteiger partial charge in [-0.1, -0.05) is 52.4 Å². The topological polar surface area (TPSA) is 119 Å². The number of aromatic nitrogens is 2. The van der Waals surface area contributed by atoms with Gasteiger partial charge in [0.2, 0.25) is 21.1 Å². The van der Waals surface area contributed by atoms with E-state index in [4.69, 9.17) is 23.2 Å². The molecule has 1 amide bonds. The second kappa shape index (κ2) is 11.1. The average Bonchev–Trinajstić information content (AvgIpc) is 3.21. The highest BCUT2D eigenvalue weighted by atomic mass is 35.5. The fraction of sp³-hybridized carbons (Fsp3) is 0.444. The molecule has 1 N–H and O–H groups in total. The minimum atomic E-state index is -3.64.